The van der Waals surface area contributed by atoms with Gasteiger partial charge in [-0.2, -0.15) is 0 Å². The summed E-state index contributed by atoms with van der Waals surface area (Å²) in [6.07, 6.45) is 0. The van der Waals surface area contributed by atoms with Crippen LogP contribution in [-0.4, -0.2) is 66.3 Å². The van der Waals surface area contributed by atoms with E-state index in [0.717, 1.165) is 29.9 Å². The van der Waals surface area contributed by atoms with E-state index in [1.807, 2.05) is 78.9 Å². The number of ether oxygens (including phenoxy) is 3. The molecule has 11 nitrogen and oxygen atoms in total. The Morgan fingerprint density at radius 3 is 2.37 bits per heavy atom. The van der Waals surface area contributed by atoms with Crippen molar-refractivity contribution in [2.45, 2.75) is 19.1 Å². The van der Waals surface area contributed by atoms with Crippen LogP contribution in [0.15, 0.2) is 97.1 Å². The van der Waals surface area contributed by atoms with Gasteiger partial charge in [0.25, 0.3) is 0 Å². The third-order valence-corrected chi connectivity index (χ3v) is 8.18. The Hall–Kier alpha value is -5.42. The minimum Gasteiger partial charge on any atom is -0.486 e. The summed E-state index contributed by atoms with van der Waals surface area (Å²) in [7, 11) is 0. The molecule has 2 amide bonds. The van der Waals surface area contributed by atoms with Gasteiger partial charge in [-0.1, -0.05) is 59.8 Å². The molecule has 1 fully saturated rings. The first-order chi connectivity index (χ1) is 22.6. The highest BCUT2D eigenvalue weighted by Crippen LogP contribution is 2.37. The summed E-state index contributed by atoms with van der Waals surface area (Å²) in [6, 6.07) is 29.3. The fourth-order valence-corrected chi connectivity index (χ4v) is 5.85. The molecule has 2 aliphatic rings. The quantitative estimate of drug-likeness (QED) is 0.263. The molecule has 0 aliphatic carbocycles. The van der Waals surface area contributed by atoms with Crippen LogP contribution in [0.3, 0.4) is 0 Å². The number of aromatic nitrogens is 3. The zero-order valence-corrected chi connectivity index (χ0v) is 25.2. The second kappa shape index (κ2) is 13.3. The van der Waals surface area contributed by atoms with E-state index in [1.165, 1.54) is 4.90 Å². The highest BCUT2D eigenvalue weighted by Gasteiger charge is 2.34. The number of anilines is 2. The van der Waals surface area contributed by atoms with Gasteiger partial charge in [0.1, 0.15) is 31.3 Å². The second-order valence-electron chi connectivity index (χ2n) is 11.1. The fraction of sp³-hybridized carbons (Fsp3) is 0.257. The number of benzene rings is 4. The van der Waals surface area contributed by atoms with Crippen LogP contribution in [0, 0.1) is 0 Å². The monoisotopic (exact) mass is 618 g/mol. The Kier molecular flexibility index (Phi) is 8.46. The van der Waals surface area contributed by atoms with Gasteiger partial charge in [-0.25, -0.2) is 4.68 Å². The molecule has 1 N–H and O–H groups in total. The summed E-state index contributed by atoms with van der Waals surface area (Å²) in [5.74, 6) is 0.433. The summed E-state index contributed by atoms with van der Waals surface area (Å²) in [6.45, 7) is 3.89. The van der Waals surface area contributed by atoms with Crippen molar-refractivity contribution in [1.29, 1.82) is 0 Å². The van der Waals surface area contributed by atoms with Gasteiger partial charge in [0.2, 0.25) is 11.8 Å². The Morgan fingerprint density at radius 2 is 1.57 bits per heavy atom. The standard InChI is InChI=1S/C35H34N6O5/c42-33(24-40-30-9-5-4-8-29(30)37-38-40)41(28-14-15-31-32(22-28)46-21-20-45-31)34(35(43)36-23-25-6-2-1-3-7-25)26-10-12-27(13-11-26)39-16-18-44-19-17-39/h1-15,22,34H,16-21,23-24H2,(H,36,43). The van der Waals surface area contributed by atoms with Crippen LogP contribution in [0.2, 0.25) is 0 Å². The predicted octanol–water partition coefficient (Wildman–Crippen LogP) is 4.13. The van der Waals surface area contributed by atoms with E-state index in [1.54, 1.807) is 22.9 Å². The van der Waals surface area contributed by atoms with E-state index in [9.17, 15) is 9.59 Å². The summed E-state index contributed by atoms with van der Waals surface area (Å²) in [5.41, 5.74) is 4.53. The molecule has 1 aromatic heterocycles. The lowest BCUT2D eigenvalue weighted by Gasteiger charge is -2.33. The van der Waals surface area contributed by atoms with Crippen LogP contribution >= 0.6 is 0 Å². The third-order valence-electron chi connectivity index (χ3n) is 8.18. The van der Waals surface area contributed by atoms with Crippen LogP contribution in [0.5, 0.6) is 11.5 Å². The lowest BCUT2D eigenvalue weighted by molar-refractivity contribution is -0.127. The predicted molar refractivity (Wildman–Crippen MR) is 173 cm³/mol. The van der Waals surface area contributed by atoms with Crippen LogP contribution in [0.1, 0.15) is 17.2 Å². The van der Waals surface area contributed by atoms with Gasteiger partial charge < -0.3 is 24.4 Å². The largest absolute Gasteiger partial charge is 0.486 e. The van der Waals surface area contributed by atoms with E-state index in [2.05, 4.69) is 20.5 Å². The van der Waals surface area contributed by atoms with Crippen molar-refractivity contribution in [2.75, 3.05) is 49.3 Å². The van der Waals surface area contributed by atoms with E-state index >= 15 is 0 Å². The normalized spacial score (nSPS) is 14.9. The average Bonchev–Trinajstić information content (AvgIpc) is 3.52. The lowest BCUT2D eigenvalue weighted by atomic mass is 10.0. The number of amides is 2. The highest BCUT2D eigenvalue weighted by molar-refractivity contribution is 6.02. The molecular weight excluding hydrogens is 584 g/mol. The summed E-state index contributed by atoms with van der Waals surface area (Å²) >= 11 is 0. The number of carbonyl (C=O) groups is 2. The first-order valence-electron chi connectivity index (χ1n) is 15.4. The minimum atomic E-state index is -1.01. The Morgan fingerprint density at radius 1 is 0.826 bits per heavy atom. The summed E-state index contributed by atoms with van der Waals surface area (Å²) in [5, 5.41) is 11.6. The maximum atomic E-state index is 14.5. The van der Waals surface area contributed by atoms with Crippen molar-refractivity contribution >= 4 is 34.2 Å². The van der Waals surface area contributed by atoms with E-state index < -0.39 is 6.04 Å². The van der Waals surface area contributed by atoms with E-state index in [0.29, 0.717) is 61.2 Å². The zero-order chi connectivity index (χ0) is 31.3. The molecule has 1 saturated heterocycles. The molecule has 0 radical (unpaired) electrons. The topological polar surface area (TPSA) is 111 Å². The number of nitrogens with one attached hydrogen (secondary N) is 1. The molecule has 0 bridgehead atoms. The molecular formula is C35H34N6O5. The molecule has 0 spiro atoms. The molecule has 4 aromatic carbocycles. The number of fused-ring (bicyclic) bond motifs is 2. The van der Waals surface area contributed by atoms with Gasteiger partial charge in [0, 0.05) is 37.1 Å². The molecule has 1 unspecified atom stereocenters. The molecule has 5 aromatic rings. The number of carbonyl (C=O) groups excluding carboxylic acids is 2. The fourth-order valence-electron chi connectivity index (χ4n) is 5.85. The van der Waals surface area contributed by atoms with E-state index in [-0.39, 0.29) is 18.4 Å². The number of rotatable bonds is 9. The maximum absolute atomic E-state index is 14.5. The molecule has 234 valence electrons. The third kappa shape index (κ3) is 6.22. The van der Waals surface area contributed by atoms with Crippen molar-refractivity contribution in [3.8, 4) is 11.5 Å². The number of nitrogens with zero attached hydrogens (tertiary/aromatic N) is 5. The Balaban J connectivity index is 1.29. The van der Waals surface area contributed by atoms with Crippen molar-refractivity contribution in [3.63, 3.8) is 0 Å². The van der Waals surface area contributed by atoms with Gasteiger partial charge in [-0.15, -0.1) is 5.10 Å². The van der Waals surface area contributed by atoms with Crippen LogP contribution in [-0.2, 0) is 27.4 Å². The number of hydrogen-bond donors (Lipinski definition) is 1. The van der Waals surface area contributed by atoms with Gasteiger partial charge in [0.05, 0.1) is 18.7 Å². The molecule has 46 heavy (non-hydrogen) atoms. The SMILES string of the molecule is O=C(NCc1ccccc1)C(c1ccc(N2CCOCC2)cc1)N(C(=O)Cn1nnc2ccccc21)c1ccc2c(c1)OCCO2. The zero-order valence-electron chi connectivity index (χ0n) is 25.2. The van der Waals surface area contributed by atoms with Gasteiger partial charge in [-0.3, -0.25) is 14.5 Å². The molecule has 1 atom stereocenters. The van der Waals surface area contributed by atoms with Crippen molar-refractivity contribution in [1.82, 2.24) is 20.3 Å². The number of hydrogen-bond acceptors (Lipinski definition) is 8. The van der Waals surface area contributed by atoms with Gasteiger partial charge in [-0.05, 0) is 47.5 Å². The molecule has 11 heteroatoms. The van der Waals surface area contributed by atoms with Gasteiger partial charge in [0.15, 0.2) is 11.5 Å². The lowest BCUT2D eigenvalue weighted by Crippen LogP contribution is -2.45. The molecule has 2 aliphatic heterocycles. The van der Waals surface area contributed by atoms with Crippen LogP contribution < -0.4 is 24.6 Å². The van der Waals surface area contributed by atoms with Crippen molar-refractivity contribution in [3.05, 3.63) is 108 Å². The maximum Gasteiger partial charge on any atom is 0.249 e. The first kappa shape index (κ1) is 29.3. The van der Waals surface area contributed by atoms with E-state index in [4.69, 9.17) is 14.2 Å². The first-order valence-corrected chi connectivity index (χ1v) is 15.4. The Bertz CT molecular complexity index is 1820. The minimum absolute atomic E-state index is 0.136. The second-order valence-corrected chi connectivity index (χ2v) is 11.1. The summed E-state index contributed by atoms with van der Waals surface area (Å²) in [4.78, 5) is 32.6. The molecule has 7 rings (SSSR count). The Labute approximate surface area is 266 Å². The highest BCUT2D eigenvalue weighted by atomic mass is 16.6. The summed E-state index contributed by atoms with van der Waals surface area (Å²) < 4.78 is 18.7. The number of para-hydroxylation sites is 1. The smallest absolute Gasteiger partial charge is 0.249 e. The number of morpholine rings is 1. The average molecular weight is 619 g/mol. The van der Waals surface area contributed by atoms with Gasteiger partial charge >= 0.3 is 0 Å². The molecule has 3 heterocycles. The van der Waals surface area contributed by atoms with Crippen LogP contribution in [0.25, 0.3) is 11.0 Å². The van der Waals surface area contributed by atoms with Crippen LogP contribution in [0.4, 0.5) is 11.4 Å². The molecule has 0 saturated carbocycles. The van der Waals surface area contributed by atoms with Crippen molar-refractivity contribution in [2.24, 2.45) is 0 Å². The van der Waals surface area contributed by atoms with Crippen molar-refractivity contribution < 1.29 is 23.8 Å².